The summed E-state index contributed by atoms with van der Waals surface area (Å²) in [6.45, 7) is 2.18. The van der Waals surface area contributed by atoms with Crippen LogP contribution in [-0.4, -0.2) is 47.9 Å². The Morgan fingerprint density at radius 3 is 2.71 bits per heavy atom. The minimum Gasteiger partial charge on any atom is -0.465 e. The van der Waals surface area contributed by atoms with Crippen molar-refractivity contribution in [3.05, 3.63) is 52.2 Å². The van der Waals surface area contributed by atoms with Crippen LogP contribution in [0.1, 0.15) is 40.0 Å². The zero-order valence-corrected chi connectivity index (χ0v) is 22.1. The van der Waals surface area contributed by atoms with E-state index in [0.29, 0.717) is 21.6 Å². The predicted molar refractivity (Wildman–Crippen MR) is 135 cm³/mol. The van der Waals surface area contributed by atoms with Crippen LogP contribution in [0, 0.1) is 5.92 Å². The Labute approximate surface area is 212 Å². The summed E-state index contributed by atoms with van der Waals surface area (Å²) in [7, 11) is -0.567. The number of amides is 1. The van der Waals surface area contributed by atoms with Crippen molar-refractivity contribution in [2.75, 3.05) is 18.2 Å². The summed E-state index contributed by atoms with van der Waals surface area (Å²) >= 11 is 2.57. The van der Waals surface area contributed by atoms with Crippen LogP contribution < -0.4 is 5.32 Å². The van der Waals surface area contributed by atoms with E-state index in [4.69, 9.17) is 4.74 Å². The van der Waals surface area contributed by atoms with Crippen LogP contribution >= 0.6 is 23.1 Å². The number of carbonyl (C=O) groups is 2. The second kappa shape index (κ2) is 10.5. The van der Waals surface area contributed by atoms with Gasteiger partial charge in [0, 0.05) is 11.9 Å². The molecule has 1 amide bonds. The third kappa shape index (κ3) is 5.60. The van der Waals surface area contributed by atoms with E-state index in [1.807, 2.05) is 0 Å². The van der Waals surface area contributed by atoms with Crippen LogP contribution in [0.2, 0.25) is 0 Å². The highest BCUT2D eigenvalue weighted by Gasteiger charge is 2.29. The van der Waals surface area contributed by atoms with Crippen LogP contribution in [-0.2, 0) is 45.0 Å². The van der Waals surface area contributed by atoms with Gasteiger partial charge in [-0.05, 0) is 42.9 Å². The number of aromatic nitrogens is 3. The standard InChI is InChI=1S/C23H26N4O5S3/c1-14-9-10-16-17(11-14)34-21(20(16)22(29)32-3)24-19(28)12-33-23-26-25-18(27(23)2)13-35(30,31)15-7-5-4-6-8-15/h4-8,14H,9-13H2,1-3H3,(H,24,28). The van der Waals surface area contributed by atoms with E-state index >= 15 is 0 Å². The molecule has 1 aliphatic carbocycles. The lowest BCUT2D eigenvalue weighted by atomic mass is 9.88. The monoisotopic (exact) mass is 534 g/mol. The fourth-order valence-corrected chi connectivity index (χ4v) is 7.40. The number of thiophene rings is 1. The minimum atomic E-state index is -3.57. The van der Waals surface area contributed by atoms with Gasteiger partial charge in [-0.1, -0.05) is 36.9 Å². The third-order valence-corrected chi connectivity index (χ3v) is 9.65. The molecular formula is C23H26N4O5S3. The van der Waals surface area contributed by atoms with Crippen molar-refractivity contribution >= 4 is 49.8 Å². The lowest BCUT2D eigenvalue weighted by molar-refractivity contribution is -0.113. The molecule has 9 nitrogen and oxygen atoms in total. The zero-order chi connectivity index (χ0) is 25.2. The summed E-state index contributed by atoms with van der Waals surface area (Å²) in [6, 6.07) is 8.16. The van der Waals surface area contributed by atoms with Gasteiger partial charge in [0.1, 0.15) is 16.6 Å². The summed E-state index contributed by atoms with van der Waals surface area (Å²) in [4.78, 5) is 26.5. The Morgan fingerprint density at radius 2 is 2.00 bits per heavy atom. The Bertz CT molecular complexity index is 1350. The first-order valence-electron chi connectivity index (χ1n) is 11.0. The average Bonchev–Trinajstić information content (AvgIpc) is 3.36. The van der Waals surface area contributed by atoms with Gasteiger partial charge in [0.2, 0.25) is 5.91 Å². The van der Waals surface area contributed by atoms with E-state index in [9.17, 15) is 18.0 Å². The molecule has 0 saturated heterocycles. The Balaban J connectivity index is 1.43. The van der Waals surface area contributed by atoms with Crippen molar-refractivity contribution in [2.24, 2.45) is 13.0 Å². The zero-order valence-electron chi connectivity index (χ0n) is 19.6. The first-order valence-corrected chi connectivity index (χ1v) is 14.5. The fraction of sp³-hybridized carbons (Fsp3) is 0.391. The normalized spacial score (nSPS) is 15.5. The molecule has 35 heavy (non-hydrogen) atoms. The number of esters is 1. The molecule has 0 radical (unpaired) electrons. The van der Waals surface area contributed by atoms with Crippen LogP contribution in [0.15, 0.2) is 40.4 Å². The molecule has 1 atom stereocenters. The molecule has 0 bridgehead atoms. The molecule has 0 aliphatic heterocycles. The number of benzene rings is 1. The topological polar surface area (TPSA) is 120 Å². The van der Waals surface area contributed by atoms with E-state index in [1.54, 1.807) is 29.8 Å². The molecule has 12 heteroatoms. The second-order valence-electron chi connectivity index (χ2n) is 8.41. The van der Waals surface area contributed by atoms with Gasteiger partial charge in [0.15, 0.2) is 15.0 Å². The number of ether oxygens (including phenoxy) is 1. The van der Waals surface area contributed by atoms with Gasteiger partial charge in [-0.15, -0.1) is 21.5 Å². The summed E-state index contributed by atoms with van der Waals surface area (Å²) in [6.07, 6.45) is 2.66. The first kappa shape index (κ1) is 25.4. The molecule has 0 fully saturated rings. The second-order valence-corrected chi connectivity index (χ2v) is 12.5. The number of rotatable bonds is 8. The average molecular weight is 535 g/mol. The number of anilines is 1. The number of hydrogen-bond acceptors (Lipinski definition) is 9. The molecule has 1 N–H and O–H groups in total. The third-order valence-electron chi connectivity index (χ3n) is 5.83. The molecule has 186 valence electrons. The Kier molecular flexibility index (Phi) is 7.62. The number of carbonyl (C=O) groups excluding carboxylic acids is 2. The first-order chi connectivity index (χ1) is 16.7. The smallest absolute Gasteiger partial charge is 0.341 e. The SMILES string of the molecule is COC(=O)c1c(NC(=O)CSc2nnc(CS(=O)(=O)c3ccccc3)n2C)sc2c1CCC(C)C2. The maximum absolute atomic E-state index is 12.7. The van der Waals surface area contributed by atoms with Gasteiger partial charge >= 0.3 is 5.97 Å². The molecule has 2 heterocycles. The number of methoxy groups -OCH3 is 1. The highest BCUT2D eigenvalue weighted by molar-refractivity contribution is 7.99. The van der Waals surface area contributed by atoms with E-state index < -0.39 is 15.8 Å². The molecule has 0 saturated carbocycles. The number of fused-ring (bicyclic) bond motifs is 1. The van der Waals surface area contributed by atoms with Crippen molar-refractivity contribution in [3.8, 4) is 0 Å². The fourth-order valence-electron chi connectivity index (χ4n) is 3.93. The molecule has 1 aromatic carbocycles. The maximum atomic E-state index is 12.7. The number of hydrogen-bond donors (Lipinski definition) is 1. The van der Waals surface area contributed by atoms with Crippen LogP contribution in [0.25, 0.3) is 0 Å². The lowest BCUT2D eigenvalue weighted by Crippen LogP contribution is -2.17. The molecule has 0 spiro atoms. The van der Waals surface area contributed by atoms with Crippen molar-refractivity contribution in [3.63, 3.8) is 0 Å². The number of sulfone groups is 1. The van der Waals surface area contributed by atoms with Gasteiger partial charge in [-0.3, -0.25) is 4.79 Å². The minimum absolute atomic E-state index is 0.0248. The summed E-state index contributed by atoms with van der Waals surface area (Å²) < 4.78 is 31.9. The highest BCUT2D eigenvalue weighted by atomic mass is 32.2. The molecule has 4 rings (SSSR count). The van der Waals surface area contributed by atoms with E-state index in [0.717, 1.165) is 41.5 Å². The van der Waals surface area contributed by atoms with Gasteiger partial charge in [0.25, 0.3) is 0 Å². The lowest BCUT2D eigenvalue weighted by Gasteiger charge is -2.18. The van der Waals surface area contributed by atoms with Crippen molar-refractivity contribution in [1.82, 2.24) is 14.8 Å². The predicted octanol–water partition coefficient (Wildman–Crippen LogP) is 3.49. The van der Waals surface area contributed by atoms with Crippen LogP contribution in [0.3, 0.4) is 0 Å². The summed E-state index contributed by atoms with van der Waals surface area (Å²) in [5.74, 6) is -0.205. The molecule has 2 aromatic heterocycles. The molecular weight excluding hydrogens is 508 g/mol. The van der Waals surface area contributed by atoms with Crippen molar-refractivity contribution < 1.29 is 22.7 Å². The van der Waals surface area contributed by atoms with Crippen molar-refractivity contribution in [2.45, 2.75) is 42.0 Å². The Morgan fingerprint density at radius 1 is 1.26 bits per heavy atom. The quantitative estimate of drug-likeness (QED) is 0.344. The van der Waals surface area contributed by atoms with Gasteiger partial charge in [-0.25, -0.2) is 13.2 Å². The number of nitrogens with zero attached hydrogens (tertiary/aromatic N) is 3. The molecule has 3 aromatic rings. The Hall–Kier alpha value is -2.70. The van der Waals surface area contributed by atoms with E-state index in [1.165, 1.54) is 30.6 Å². The molecule has 1 unspecified atom stereocenters. The van der Waals surface area contributed by atoms with Crippen LogP contribution in [0.5, 0.6) is 0 Å². The van der Waals surface area contributed by atoms with Crippen LogP contribution in [0.4, 0.5) is 5.00 Å². The highest BCUT2D eigenvalue weighted by Crippen LogP contribution is 2.40. The number of thioether (sulfide) groups is 1. The number of nitrogens with one attached hydrogen (secondary N) is 1. The van der Waals surface area contributed by atoms with Gasteiger partial charge in [0.05, 0.1) is 23.3 Å². The largest absolute Gasteiger partial charge is 0.465 e. The summed E-state index contributed by atoms with van der Waals surface area (Å²) in [5, 5.41) is 11.9. The van der Waals surface area contributed by atoms with Gasteiger partial charge in [-0.2, -0.15) is 0 Å². The van der Waals surface area contributed by atoms with Gasteiger partial charge < -0.3 is 14.6 Å². The summed E-state index contributed by atoms with van der Waals surface area (Å²) in [5.41, 5.74) is 1.42. The molecule has 1 aliphatic rings. The van der Waals surface area contributed by atoms with E-state index in [2.05, 4.69) is 22.4 Å². The van der Waals surface area contributed by atoms with Crippen molar-refractivity contribution in [1.29, 1.82) is 0 Å². The maximum Gasteiger partial charge on any atom is 0.341 e. The van der Waals surface area contributed by atoms with E-state index in [-0.39, 0.29) is 28.1 Å².